The van der Waals surface area contributed by atoms with E-state index in [0.29, 0.717) is 6.04 Å². The van der Waals surface area contributed by atoms with Crippen molar-refractivity contribution in [3.63, 3.8) is 0 Å². The van der Waals surface area contributed by atoms with Crippen LogP contribution in [0.1, 0.15) is 26.2 Å². The van der Waals surface area contributed by atoms with Crippen LogP contribution in [0.4, 0.5) is 0 Å². The number of ether oxygens (including phenoxy) is 2. The molecule has 0 bridgehead atoms. The van der Waals surface area contributed by atoms with Crippen LogP contribution in [0.3, 0.4) is 0 Å². The van der Waals surface area contributed by atoms with Gasteiger partial charge in [-0.2, -0.15) is 0 Å². The van der Waals surface area contributed by atoms with Gasteiger partial charge in [-0.1, -0.05) is 6.92 Å². The molecule has 3 nitrogen and oxygen atoms in total. The third-order valence-corrected chi connectivity index (χ3v) is 3.05. The molecule has 2 rings (SSSR count). The Morgan fingerprint density at radius 3 is 3.08 bits per heavy atom. The van der Waals surface area contributed by atoms with Gasteiger partial charge in [0.15, 0.2) is 0 Å². The smallest absolute Gasteiger partial charge is 0.0951 e. The van der Waals surface area contributed by atoms with Crippen LogP contribution in [-0.4, -0.2) is 38.0 Å². The first-order valence-corrected chi connectivity index (χ1v) is 5.30. The van der Waals surface area contributed by atoms with Gasteiger partial charge in [0.05, 0.1) is 12.2 Å². The van der Waals surface area contributed by atoms with Crippen LogP contribution in [0.15, 0.2) is 0 Å². The molecule has 0 aliphatic carbocycles. The molecule has 2 atom stereocenters. The van der Waals surface area contributed by atoms with Gasteiger partial charge in [0, 0.05) is 25.7 Å². The summed E-state index contributed by atoms with van der Waals surface area (Å²) in [5, 5.41) is 3.50. The predicted molar refractivity (Wildman–Crippen MR) is 50.8 cm³/mol. The van der Waals surface area contributed by atoms with Gasteiger partial charge in [0.1, 0.15) is 0 Å². The Hall–Kier alpha value is -0.120. The number of rotatable bonds is 2. The summed E-state index contributed by atoms with van der Waals surface area (Å²) in [5.41, 5.74) is 0.0606. The minimum Gasteiger partial charge on any atom is -0.378 e. The van der Waals surface area contributed by atoms with E-state index in [-0.39, 0.29) is 5.60 Å². The van der Waals surface area contributed by atoms with Crippen molar-refractivity contribution in [2.45, 2.75) is 37.8 Å². The summed E-state index contributed by atoms with van der Waals surface area (Å²) in [5.74, 6) is 0. The summed E-state index contributed by atoms with van der Waals surface area (Å²) in [7, 11) is 0. The zero-order valence-corrected chi connectivity index (χ0v) is 8.34. The maximum absolute atomic E-state index is 5.84. The van der Waals surface area contributed by atoms with Gasteiger partial charge in [0.2, 0.25) is 0 Å². The molecule has 2 aliphatic rings. The normalized spacial score (nSPS) is 39.9. The highest BCUT2D eigenvalue weighted by atomic mass is 16.6. The maximum atomic E-state index is 5.84. The lowest BCUT2D eigenvalue weighted by Gasteiger charge is -2.37. The molecule has 3 heteroatoms. The van der Waals surface area contributed by atoms with Crippen molar-refractivity contribution in [1.82, 2.24) is 5.32 Å². The van der Waals surface area contributed by atoms with Gasteiger partial charge in [-0.3, -0.25) is 0 Å². The average Bonchev–Trinajstić information content (AvgIpc) is 2.54. The molecule has 2 saturated heterocycles. The third kappa shape index (κ3) is 2.03. The Morgan fingerprint density at radius 1 is 1.46 bits per heavy atom. The molecule has 76 valence electrons. The molecule has 2 aliphatic heterocycles. The summed E-state index contributed by atoms with van der Waals surface area (Å²) >= 11 is 0. The van der Waals surface area contributed by atoms with Crippen LogP contribution in [-0.2, 0) is 9.47 Å². The number of hydrogen-bond donors (Lipinski definition) is 1. The van der Waals surface area contributed by atoms with E-state index in [9.17, 15) is 0 Å². The SMILES string of the molecule is CCNC1CCOC2(CCOC2)C1. The highest BCUT2D eigenvalue weighted by Crippen LogP contribution is 2.32. The molecule has 1 N–H and O–H groups in total. The van der Waals surface area contributed by atoms with E-state index in [4.69, 9.17) is 9.47 Å². The van der Waals surface area contributed by atoms with Crippen molar-refractivity contribution in [3.05, 3.63) is 0 Å². The average molecular weight is 185 g/mol. The minimum absolute atomic E-state index is 0.0606. The topological polar surface area (TPSA) is 30.5 Å². The largest absolute Gasteiger partial charge is 0.378 e. The van der Waals surface area contributed by atoms with E-state index < -0.39 is 0 Å². The fourth-order valence-corrected chi connectivity index (χ4v) is 2.35. The fraction of sp³-hybridized carbons (Fsp3) is 1.00. The van der Waals surface area contributed by atoms with E-state index in [2.05, 4.69) is 12.2 Å². The Kier molecular flexibility index (Phi) is 2.86. The Labute approximate surface area is 79.8 Å². The lowest BCUT2D eigenvalue weighted by Crippen LogP contribution is -2.47. The molecular formula is C10H19NO2. The second-order valence-corrected chi connectivity index (χ2v) is 4.08. The highest BCUT2D eigenvalue weighted by Gasteiger charge is 2.40. The van der Waals surface area contributed by atoms with Crippen molar-refractivity contribution in [2.75, 3.05) is 26.4 Å². The molecule has 0 saturated carbocycles. The first kappa shape index (κ1) is 9.44. The van der Waals surface area contributed by atoms with Crippen molar-refractivity contribution in [1.29, 1.82) is 0 Å². The molecule has 2 unspecified atom stereocenters. The summed E-state index contributed by atoms with van der Waals surface area (Å²) in [6, 6.07) is 0.639. The Morgan fingerprint density at radius 2 is 2.38 bits per heavy atom. The lowest BCUT2D eigenvalue weighted by atomic mass is 9.90. The van der Waals surface area contributed by atoms with E-state index in [0.717, 1.165) is 45.6 Å². The molecule has 13 heavy (non-hydrogen) atoms. The Balaban J connectivity index is 1.90. The summed E-state index contributed by atoms with van der Waals surface area (Å²) in [6.45, 7) is 5.78. The van der Waals surface area contributed by atoms with Gasteiger partial charge in [-0.15, -0.1) is 0 Å². The second-order valence-electron chi connectivity index (χ2n) is 4.08. The van der Waals surface area contributed by atoms with Crippen molar-refractivity contribution >= 4 is 0 Å². The van der Waals surface area contributed by atoms with Crippen LogP contribution in [0.25, 0.3) is 0 Å². The van der Waals surface area contributed by atoms with Gasteiger partial charge in [0.25, 0.3) is 0 Å². The molecule has 2 fully saturated rings. The maximum Gasteiger partial charge on any atom is 0.0951 e. The standard InChI is InChI=1S/C10H19NO2/c1-2-11-9-3-5-13-10(7-9)4-6-12-8-10/h9,11H,2-8H2,1H3. The first-order chi connectivity index (χ1) is 6.35. The lowest BCUT2D eigenvalue weighted by molar-refractivity contribution is -0.0890. The van der Waals surface area contributed by atoms with Gasteiger partial charge < -0.3 is 14.8 Å². The molecular weight excluding hydrogens is 166 g/mol. The third-order valence-electron chi connectivity index (χ3n) is 3.05. The summed E-state index contributed by atoms with van der Waals surface area (Å²) < 4.78 is 11.2. The van der Waals surface area contributed by atoms with Crippen LogP contribution in [0.5, 0.6) is 0 Å². The van der Waals surface area contributed by atoms with Gasteiger partial charge in [-0.25, -0.2) is 0 Å². The van der Waals surface area contributed by atoms with Gasteiger partial charge in [-0.05, 0) is 19.4 Å². The first-order valence-electron chi connectivity index (χ1n) is 5.30. The molecule has 0 amide bonds. The number of hydrogen-bond acceptors (Lipinski definition) is 3. The fourth-order valence-electron chi connectivity index (χ4n) is 2.35. The predicted octanol–water partition coefficient (Wildman–Crippen LogP) is 0.934. The van der Waals surface area contributed by atoms with E-state index in [1.165, 1.54) is 0 Å². The van der Waals surface area contributed by atoms with E-state index >= 15 is 0 Å². The zero-order chi connectivity index (χ0) is 9.15. The molecule has 0 aromatic carbocycles. The van der Waals surface area contributed by atoms with Crippen molar-refractivity contribution < 1.29 is 9.47 Å². The molecule has 0 aromatic rings. The van der Waals surface area contributed by atoms with Gasteiger partial charge >= 0.3 is 0 Å². The molecule has 1 spiro atoms. The van der Waals surface area contributed by atoms with Crippen LogP contribution in [0, 0.1) is 0 Å². The minimum atomic E-state index is 0.0606. The second kappa shape index (κ2) is 3.95. The molecule has 2 heterocycles. The molecule has 0 aromatic heterocycles. The van der Waals surface area contributed by atoms with Crippen molar-refractivity contribution in [3.8, 4) is 0 Å². The molecule has 0 radical (unpaired) electrons. The van der Waals surface area contributed by atoms with Crippen LogP contribution >= 0.6 is 0 Å². The van der Waals surface area contributed by atoms with Crippen LogP contribution in [0.2, 0.25) is 0 Å². The zero-order valence-electron chi connectivity index (χ0n) is 8.34. The summed E-state index contributed by atoms with van der Waals surface area (Å²) in [6.07, 6.45) is 3.35. The quantitative estimate of drug-likeness (QED) is 0.694. The van der Waals surface area contributed by atoms with Crippen LogP contribution < -0.4 is 5.32 Å². The van der Waals surface area contributed by atoms with Crippen molar-refractivity contribution in [2.24, 2.45) is 0 Å². The Bertz CT molecular complexity index is 164. The monoisotopic (exact) mass is 185 g/mol. The summed E-state index contributed by atoms with van der Waals surface area (Å²) in [4.78, 5) is 0. The van der Waals surface area contributed by atoms with E-state index in [1.54, 1.807) is 0 Å². The highest BCUT2D eigenvalue weighted by molar-refractivity contribution is 4.92. The number of nitrogens with one attached hydrogen (secondary N) is 1. The van der Waals surface area contributed by atoms with E-state index in [1.807, 2.05) is 0 Å².